The van der Waals surface area contributed by atoms with Crippen molar-refractivity contribution < 1.29 is 27.9 Å². The van der Waals surface area contributed by atoms with Gasteiger partial charge < -0.3 is 19.1 Å². The van der Waals surface area contributed by atoms with Crippen molar-refractivity contribution in [3.8, 4) is 11.5 Å². The van der Waals surface area contributed by atoms with Gasteiger partial charge in [-0.1, -0.05) is 127 Å². The van der Waals surface area contributed by atoms with Crippen LogP contribution in [0.1, 0.15) is 125 Å². The highest BCUT2D eigenvalue weighted by molar-refractivity contribution is 7.55. The molecule has 7 nitrogen and oxygen atoms in total. The minimum atomic E-state index is -4.17. The second kappa shape index (κ2) is 15.3. The van der Waals surface area contributed by atoms with E-state index < -0.39 is 18.8 Å². The number of hydrogen-bond acceptors (Lipinski definition) is 6. The first-order valence-electron chi connectivity index (χ1n) is 22.3. The Labute approximate surface area is 353 Å². The smallest absolute Gasteiger partial charge is 0.457 e. The highest BCUT2D eigenvalue weighted by atomic mass is 31.2. The van der Waals surface area contributed by atoms with Crippen molar-refractivity contribution in [3.63, 3.8) is 0 Å². The van der Waals surface area contributed by atoms with Crippen LogP contribution in [-0.2, 0) is 18.9 Å². The van der Waals surface area contributed by atoms with Crippen molar-refractivity contribution in [2.24, 2.45) is 56.7 Å². The van der Waals surface area contributed by atoms with E-state index in [9.17, 15) is 4.79 Å². The fourth-order valence-electron chi connectivity index (χ4n) is 13.9. The summed E-state index contributed by atoms with van der Waals surface area (Å²) in [7, 11) is -4.17. The first kappa shape index (κ1) is 41.9. The van der Waals surface area contributed by atoms with Crippen molar-refractivity contribution in [1.82, 2.24) is 5.32 Å². The lowest BCUT2D eigenvalue weighted by molar-refractivity contribution is -0.212. The fraction of sp³-hybridized carbons (Fsp3) is 0.569. The van der Waals surface area contributed by atoms with Crippen LogP contribution in [0.15, 0.2) is 103 Å². The molecule has 4 saturated carbocycles. The number of rotatable bonds is 9. The molecule has 316 valence electrons. The summed E-state index contributed by atoms with van der Waals surface area (Å²) in [6.07, 6.45) is 11.1. The molecular weight excluding hydrogens is 754 g/mol. The van der Waals surface area contributed by atoms with Gasteiger partial charge in [-0.25, -0.2) is 4.57 Å². The molecule has 3 aromatic rings. The van der Waals surface area contributed by atoms with Crippen molar-refractivity contribution in [2.45, 2.75) is 125 Å². The fourth-order valence-corrected chi connectivity index (χ4v) is 15.8. The highest BCUT2D eigenvalue weighted by Gasteiger charge is 2.70. The summed E-state index contributed by atoms with van der Waals surface area (Å²) in [5.74, 6) is 1.25. The molecule has 0 aromatic heterocycles. The van der Waals surface area contributed by atoms with Gasteiger partial charge in [0, 0.05) is 12.3 Å². The molecule has 0 saturated heterocycles. The molecule has 8 rings (SSSR count). The van der Waals surface area contributed by atoms with Crippen molar-refractivity contribution >= 4 is 19.5 Å². The Bertz CT molecular complexity index is 2060. The lowest BCUT2D eigenvalue weighted by Crippen LogP contribution is -2.66. The number of para-hydroxylation sites is 2. The van der Waals surface area contributed by atoms with E-state index in [1.165, 1.54) is 5.57 Å². The van der Waals surface area contributed by atoms with Crippen LogP contribution >= 0.6 is 7.60 Å². The molecule has 1 amide bonds. The molecule has 4 fully saturated rings. The monoisotopic (exact) mass is 819 g/mol. The van der Waals surface area contributed by atoms with E-state index in [0.717, 1.165) is 57.8 Å². The number of carbonyl (C=O) groups excluding carboxylic acids is 2. The maximum atomic E-state index is 15.7. The first-order valence-corrected chi connectivity index (χ1v) is 23.9. The zero-order valence-electron chi connectivity index (χ0n) is 36.5. The van der Waals surface area contributed by atoms with Gasteiger partial charge in [-0.3, -0.25) is 9.59 Å². The van der Waals surface area contributed by atoms with Gasteiger partial charge in [0.1, 0.15) is 17.6 Å². The number of ether oxygens (including phenoxy) is 1. The van der Waals surface area contributed by atoms with Gasteiger partial charge in [0.05, 0.1) is 5.41 Å². The average Bonchev–Trinajstić information content (AvgIpc) is 3.20. The second-order valence-electron chi connectivity index (χ2n) is 20.4. The highest BCUT2D eigenvalue weighted by Crippen LogP contribution is 2.76. The predicted molar refractivity (Wildman–Crippen MR) is 234 cm³/mol. The van der Waals surface area contributed by atoms with Gasteiger partial charge >= 0.3 is 13.6 Å². The van der Waals surface area contributed by atoms with E-state index in [2.05, 4.69) is 59.9 Å². The number of esters is 1. The zero-order valence-corrected chi connectivity index (χ0v) is 37.4. The second-order valence-corrected chi connectivity index (χ2v) is 22.4. The van der Waals surface area contributed by atoms with Gasteiger partial charge in [0.2, 0.25) is 5.91 Å². The third-order valence-electron chi connectivity index (χ3n) is 17.3. The van der Waals surface area contributed by atoms with E-state index in [-0.39, 0.29) is 51.5 Å². The Morgan fingerprint density at radius 3 is 1.92 bits per heavy atom. The van der Waals surface area contributed by atoms with Crippen molar-refractivity contribution in [1.29, 1.82) is 0 Å². The molecule has 8 heteroatoms. The number of allylic oxidation sites excluding steroid dienone is 2. The molecule has 5 aliphatic carbocycles. The molecule has 1 N–H and O–H groups in total. The quantitative estimate of drug-likeness (QED) is 0.131. The number of hydrogen-bond donors (Lipinski definition) is 1. The van der Waals surface area contributed by atoms with Crippen LogP contribution in [0.4, 0.5) is 0 Å². The van der Waals surface area contributed by atoms with E-state index >= 15 is 9.36 Å². The topological polar surface area (TPSA) is 90.9 Å². The van der Waals surface area contributed by atoms with Crippen LogP contribution in [0.3, 0.4) is 0 Å². The molecule has 0 aliphatic heterocycles. The molecule has 0 radical (unpaired) electrons. The number of nitrogens with one attached hydrogen (secondary N) is 1. The molecule has 59 heavy (non-hydrogen) atoms. The summed E-state index contributed by atoms with van der Waals surface area (Å²) >= 11 is 0. The predicted octanol–water partition coefficient (Wildman–Crippen LogP) is 12.7. The van der Waals surface area contributed by atoms with E-state index in [1.807, 2.05) is 66.7 Å². The Hall–Kier alpha value is -3.83. The van der Waals surface area contributed by atoms with Crippen LogP contribution in [0, 0.1) is 56.7 Å². The largest absolute Gasteiger partial charge is 0.462 e. The lowest BCUT2D eigenvalue weighted by atomic mass is 9.33. The minimum absolute atomic E-state index is 0.0466. The normalized spacial score (nSPS) is 36.5. The van der Waals surface area contributed by atoms with Gasteiger partial charge in [0.15, 0.2) is 5.78 Å². The summed E-state index contributed by atoms with van der Waals surface area (Å²) in [5.41, 5.74) is 1.44. The molecule has 11 atom stereocenters. The van der Waals surface area contributed by atoms with Crippen LogP contribution in [-0.4, -0.2) is 18.0 Å². The van der Waals surface area contributed by atoms with Gasteiger partial charge in [-0.15, -0.1) is 0 Å². The van der Waals surface area contributed by atoms with Crippen LogP contribution in [0.25, 0.3) is 0 Å². The Morgan fingerprint density at radius 2 is 1.32 bits per heavy atom. The zero-order chi connectivity index (χ0) is 42.0. The van der Waals surface area contributed by atoms with Crippen molar-refractivity contribution in [2.75, 3.05) is 0 Å². The number of benzene rings is 3. The number of amides is 1. The number of fused-ring (bicyclic) bond motifs is 7. The molecule has 1 unspecified atom stereocenters. The first-order chi connectivity index (χ1) is 28.0. The third kappa shape index (κ3) is 6.81. The molecule has 3 aromatic carbocycles. The molecule has 0 bridgehead atoms. The van der Waals surface area contributed by atoms with Gasteiger partial charge in [-0.2, -0.15) is 0 Å². The molecule has 0 heterocycles. The van der Waals surface area contributed by atoms with E-state index in [1.54, 1.807) is 31.2 Å². The molecule has 5 aliphatic rings. The average molecular weight is 820 g/mol. The van der Waals surface area contributed by atoms with Crippen molar-refractivity contribution in [3.05, 3.63) is 108 Å². The minimum Gasteiger partial charge on any atom is -0.462 e. The summed E-state index contributed by atoms with van der Waals surface area (Å²) < 4.78 is 34.5. The maximum absolute atomic E-state index is 15.7. The Balaban J connectivity index is 1.17. The summed E-state index contributed by atoms with van der Waals surface area (Å²) in [6.45, 7) is 18.7. The summed E-state index contributed by atoms with van der Waals surface area (Å²) in [6, 6.07) is 27.8. The molecular formula is C51H66NO6P. The maximum Gasteiger partial charge on any atom is 0.457 e. The standard InChI is InChI=1S/C51H66NO6P/c1-34-26-31-51(46(54)52-45(37-18-12-9-13-19-37)59(55,57-38-20-14-10-15-21-38)58-39-22-16-11-17-23-39)33-32-49(7)40(44(51)35(34)2)24-25-42-48(6)29-28-43(56-36(3)53)47(4,5)41(48)27-30-50(42,49)8/h9-24,34-35,41-45H,25-33H2,1-8H3,(H,52,54)/t34-,35+,41+,42-,43+,44+,45?,48+,49-,50-,51+/m1/s1. The van der Waals surface area contributed by atoms with Crippen LogP contribution < -0.4 is 14.4 Å². The summed E-state index contributed by atoms with van der Waals surface area (Å²) in [4.78, 5) is 27.9. The number of carbonyl (C=O) groups is 2. The van der Waals surface area contributed by atoms with Crippen LogP contribution in [0.5, 0.6) is 11.5 Å². The van der Waals surface area contributed by atoms with E-state index in [0.29, 0.717) is 34.8 Å². The van der Waals surface area contributed by atoms with Gasteiger partial charge in [0.25, 0.3) is 0 Å². The Kier molecular flexibility index (Phi) is 10.8. The lowest BCUT2D eigenvalue weighted by Gasteiger charge is -2.71. The third-order valence-corrected chi connectivity index (χ3v) is 19.3. The summed E-state index contributed by atoms with van der Waals surface area (Å²) in [5, 5.41) is 3.44. The Morgan fingerprint density at radius 1 is 0.729 bits per heavy atom. The van der Waals surface area contributed by atoms with E-state index in [4.69, 9.17) is 13.8 Å². The molecule has 0 spiro atoms. The van der Waals surface area contributed by atoms with Crippen LogP contribution in [0.2, 0.25) is 0 Å². The van der Waals surface area contributed by atoms with Gasteiger partial charge in [-0.05, 0) is 133 Å². The SMILES string of the molecule is CC(=O)O[C@H]1CC[C@]2(C)[C@H]3CC=C4[C@@H]5[C@@H](C)[C@H](C)CC[C@]5(C(=O)NC(c5ccccc5)P(=O)(Oc5ccccc5)Oc5ccccc5)CC[C@@]4(C)[C@]3(C)CC[C@H]2C1(C)C.